The van der Waals surface area contributed by atoms with Crippen LogP contribution >= 0.6 is 11.8 Å². The summed E-state index contributed by atoms with van der Waals surface area (Å²) in [7, 11) is 0. The van der Waals surface area contributed by atoms with Crippen molar-refractivity contribution in [3.63, 3.8) is 0 Å². The third kappa shape index (κ3) is 4.43. The van der Waals surface area contributed by atoms with Crippen LogP contribution in [-0.2, 0) is 4.79 Å². The lowest BCUT2D eigenvalue weighted by Gasteiger charge is -2.25. The standard InChI is InChI=1S/C12H14F3NO2S/c1-11(18,12(13,14)15)7-10(17)16-8-3-5-9(19-2)6-4-8/h3-6,18H,7H2,1-2H3,(H,16,17)/t11-/m1/s1. The van der Waals surface area contributed by atoms with Crippen molar-refractivity contribution in [1.29, 1.82) is 0 Å². The van der Waals surface area contributed by atoms with E-state index in [-0.39, 0.29) is 0 Å². The van der Waals surface area contributed by atoms with Gasteiger partial charge in [0.25, 0.3) is 0 Å². The number of aliphatic hydroxyl groups is 1. The molecule has 7 heteroatoms. The maximum Gasteiger partial charge on any atom is 0.417 e. The smallest absolute Gasteiger partial charge is 0.380 e. The van der Waals surface area contributed by atoms with Crippen molar-refractivity contribution in [2.24, 2.45) is 0 Å². The zero-order valence-corrected chi connectivity index (χ0v) is 11.2. The Bertz CT molecular complexity index is 443. The molecule has 0 fully saturated rings. The summed E-state index contributed by atoms with van der Waals surface area (Å²) in [4.78, 5) is 12.4. The molecule has 2 N–H and O–H groups in total. The van der Waals surface area contributed by atoms with Crippen molar-refractivity contribution in [3.8, 4) is 0 Å². The van der Waals surface area contributed by atoms with E-state index in [1.54, 1.807) is 24.3 Å². The normalized spacial score (nSPS) is 14.8. The van der Waals surface area contributed by atoms with E-state index >= 15 is 0 Å². The average Bonchev–Trinajstić information content (AvgIpc) is 2.27. The molecule has 106 valence electrons. The molecule has 1 atom stereocenters. The minimum Gasteiger partial charge on any atom is -0.380 e. The van der Waals surface area contributed by atoms with E-state index in [4.69, 9.17) is 0 Å². The van der Waals surface area contributed by atoms with E-state index in [0.29, 0.717) is 12.6 Å². The maximum atomic E-state index is 12.4. The van der Waals surface area contributed by atoms with E-state index < -0.39 is 24.1 Å². The monoisotopic (exact) mass is 293 g/mol. The minimum absolute atomic E-state index is 0.390. The molecular formula is C12H14F3NO2S. The van der Waals surface area contributed by atoms with Gasteiger partial charge in [0.1, 0.15) is 0 Å². The van der Waals surface area contributed by atoms with Crippen LogP contribution in [0.25, 0.3) is 0 Å². The Kier molecular flexibility index (Phi) is 4.86. The summed E-state index contributed by atoms with van der Waals surface area (Å²) in [5.74, 6) is -0.890. The fourth-order valence-electron chi connectivity index (χ4n) is 1.29. The lowest BCUT2D eigenvalue weighted by atomic mass is 10.0. The summed E-state index contributed by atoms with van der Waals surface area (Å²) < 4.78 is 37.2. The Morgan fingerprint density at radius 3 is 2.26 bits per heavy atom. The Morgan fingerprint density at radius 1 is 1.32 bits per heavy atom. The number of anilines is 1. The molecule has 0 bridgehead atoms. The van der Waals surface area contributed by atoms with Crippen LogP contribution in [0, 0.1) is 0 Å². The molecule has 19 heavy (non-hydrogen) atoms. The zero-order valence-electron chi connectivity index (χ0n) is 10.4. The molecule has 0 saturated carbocycles. The van der Waals surface area contributed by atoms with Gasteiger partial charge in [-0.15, -0.1) is 11.8 Å². The van der Waals surface area contributed by atoms with E-state index in [0.717, 1.165) is 4.90 Å². The molecule has 0 heterocycles. The number of rotatable bonds is 4. The first kappa shape index (κ1) is 15.8. The summed E-state index contributed by atoms with van der Waals surface area (Å²) in [6, 6.07) is 6.66. The highest BCUT2D eigenvalue weighted by Crippen LogP contribution is 2.32. The van der Waals surface area contributed by atoms with Gasteiger partial charge in [0.15, 0.2) is 5.60 Å². The van der Waals surface area contributed by atoms with Gasteiger partial charge in [-0.1, -0.05) is 0 Å². The highest BCUT2D eigenvalue weighted by atomic mass is 32.2. The SMILES string of the molecule is CSc1ccc(NC(=O)C[C@@](C)(O)C(F)(F)F)cc1. The molecule has 0 saturated heterocycles. The summed E-state index contributed by atoms with van der Waals surface area (Å²) in [5.41, 5.74) is -2.64. The molecule has 1 aromatic rings. The Hall–Kier alpha value is -1.21. The lowest BCUT2D eigenvalue weighted by Crippen LogP contribution is -2.44. The van der Waals surface area contributed by atoms with Gasteiger partial charge in [0.2, 0.25) is 5.91 Å². The number of alkyl halides is 3. The summed E-state index contributed by atoms with van der Waals surface area (Å²) in [6.07, 6.45) is -4.00. The van der Waals surface area contributed by atoms with Gasteiger partial charge >= 0.3 is 6.18 Å². The van der Waals surface area contributed by atoms with Gasteiger partial charge in [-0.3, -0.25) is 4.79 Å². The number of carbonyl (C=O) groups is 1. The molecule has 0 radical (unpaired) electrons. The predicted octanol–water partition coefficient (Wildman–Crippen LogP) is 3.05. The van der Waals surface area contributed by atoms with Crippen molar-refractivity contribution < 1.29 is 23.1 Å². The molecule has 0 aliphatic rings. The lowest BCUT2D eigenvalue weighted by molar-refractivity contribution is -0.252. The fraction of sp³-hybridized carbons (Fsp3) is 0.417. The van der Waals surface area contributed by atoms with Gasteiger partial charge in [-0.05, 0) is 37.4 Å². The van der Waals surface area contributed by atoms with E-state index in [2.05, 4.69) is 5.32 Å². The average molecular weight is 293 g/mol. The Morgan fingerprint density at radius 2 is 1.84 bits per heavy atom. The van der Waals surface area contributed by atoms with Crippen LogP contribution in [0.3, 0.4) is 0 Å². The first-order valence-electron chi connectivity index (χ1n) is 5.39. The number of thioether (sulfide) groups is 1. The molecule has 0 unspecified atom stereocenters. The van der Waals surface area contributed by atoms with Crippen molar-refractivity contribution >= 4 is 23.4 Å². The zero-order chi connectivity index (χ0) is 14.7. The van der Waals surface area contributed by atoms with Crippen molar-refractivity contribution in [2.45, 2.75) is 30.0 Å². The predicted molar refractivity (Wildman–Crippen MR) is 68.1 cm³/mol. The first-order valence-corrected chi connectivity index (χ1v) is 6.61. The van der Waals surface area contributed by atoms with Crippen LogP contribution in [0.2, 0.25) is 0 Å². The fourth-order valence-corrected chi connectivity index (χ4v) is 1.70. The van der Waals surface area contributed by atoms with Crippen LogP contribution in [0.4, 0.5) is 18.9 Å². The second kappa shape index (κ2) is 5.83. The topological polar surface area (TPSA) is 49.3 Å². The Balaban J connectivity index is 2.65. The van der Waals surface area contributed by atoms with Crippen LogP contribution in [0.1, 0.15) is 13.3 Å². The molecule has 1 amide bonds. The highest BCUT2D eigenvalue weighted by molar-refractivity contribution is 7.98. The number of carbonyl (C=O) groups excluding carboxylic acids is 1. The molecule has 0 aromatic heterocycles. The third-order valence-electron chi connectivity index (χ3n) is 2.49. The van der Waals surface area contributed by atoms with Crippen LogP contribution in [0.5, 0.6) is 0 Å². The molecule has 0 aliphatic heterocycles. The number of amides is 1. The van der Waals surface area contributed by atoms with Gasteiger partial charge in [0, 0.05) is 10.6 Å². The molecule has 0 aliphatic carbocycles. The second-order valence-corrected chi connectivity index (χ2v) is 5.10. The number of halogens is 3. The molecule has 0 spiro atoms. The summed E-state index contributed by atoms with van der Waals surface area (Å²) in [5, 5.41) is 11.5. The van der Waals surface area contributed by atoms with E-state index in [1.165, 1.54) is 11.8 Å². The first-order chi connectivity index (χ1) is 8.65. The van der Waals surface area contributed by atoms with Gasteiger partial charge in [0.05, 0.1) is 6.42 Å². The molecule has 1 aromatic carbocycles. The van der Waals surface area contributed by atoms with Crippen molar-refractivity contribution in [1.82, 2.24) is 0 Å². The Labute approximate surface area is 113 Å². The quantitative estimate of drug-likeness (QED) is 0.839. The maximum absolute atomic E-state index is 12.4. The number of hydrogen-bond acceptors (Lipinski definition) is 3. The number of nitrogens with one attached hydrogen (secondary N) is 1. The second-order valence-electron chi connectivity index (χ2n) is 4.23. The highest BCUT2D eigenvalue weighted by Gasteiger charge is 2.50. The van der Waals surface area contributed by atoms with Gasteiger partial charge < -0.3 is 10.4 Å². The van der Waals surface area contributed by atoms with Crippen molar-refractivity contribution in [3.05, 3.63) is 24.3 Å². The minimum atomic E-state index is -4.84. The largest absolute Gasteiger partial charge is 0.417 e. The number of hydrogen-bond donors (Lipinski definition) is 2. The molecular weight excluding hydrogens is 279 g/mol. The number of benzene rings is 1. The van der Waals surface area contributed by atoms with E-state index in [1.807, 2.05) is 6.26 Å². The third-order valence-corrected chi connectivity index (χ3v) is 3.23. The van der Waals surface area contributed by atoms with Crippen LogP contribution < -0.4 is 5.32 Å². The van der Waals surface area contributed by atoms with Gasteiger partial charge in [-0.25, -0.2) is 0 Å². The molecule has 1 rings (SSSR count). The van der Waals surface area contributed by atoms with Crippen molar-refractivity contribution in [2.75, 3.05) is 11.6 Å². The molecule has 3 nitrogen and oxygen atoms in total. The summed E-state index contributed by atoms with van der Waals surface area (Å²) in [6.45, 7) is 0.573. The summed E-state index contributed by atoms with van der Waals surface area (Å²) >= 11 is 1.51. The van der Waals surface area contributed by atoms with Crippen LogP contribution in [-0.4, -0.2) is 29.0 Å². The van der Waals surface area contributed by atoms with E-state index in [9.17, 15) is 23.1 Å². The van der Waals surface area contributed by atoms with Gasteiger partial charge in [-0.2, -0.15) is 13.2 Å². The van der Waals surface area contributed by atoms with Crippen LogP contribution in [0.15, 0.2) is 29.2 Å².